The standard InChI is InChI=1S/C12H17N3/c1-4-13-8-10-5-6-11-12(7-10)15(3)9(2)14-11/h5-7,13H,4,8H2,1-3H3. The van der Waals surface area contributed by atoms with Crippen LogP contribution in [0.15, 0.2) is 18.2 Å². The van der Waals surface area contributed by atoms with Gasteiger partial charge >= 0.3 is 0 Å². The van der Waals surface area contributed by atoms with Gasteiger partial charge in [-0.3, -0.25) is 0 Å². The molecule has 0 fully saturated rings. The van der Waals surface area contributed by atoms with E-state index in [1.54, 1.807) is 0 Å². The zero-order chi connectivity index (χ0) is 10.8. The van der Waals surface area contributed by atoms with Crippen LogP contribution in [0.1, 0.15) is 18.3 Å². The molecule has 1 aromatic heterocycles. The summed E-state index contributed by atoms with van der Waals surface area (Å²) in [6.45, 7) is 6.08. The van der Waals surface area contributed by atoms with Gasteiger partial charge < -0.3 is 9.88 Å². The van der Waals surface area contributed by atoms with Crippen molar-refractivity contribution in [2.75, 3.05) is 6.54 Å². The molecule has 0 aliphatic carbocycles. The molecule has 15 heavy (non-hydrogen) atoms. The van der Waals surface area contributed by atoms with Crippen molar-refractivity contribution in [2.45, 2.75) is 20.4 Å². The Morgan fingerprint density at radius 2 is 2.20 bits per heavy atom. The van der Waals surface area contributed by atoms with Crippen molar-refractivity contribution in [3.63, 3.8) is 0 Å². The fourth-order valence-electron chi connectivity index (χ4n) is 1.74. The molecule has 1 heterocycles. The third-order valence-electron chi connectivity index (χ3n) is 2.75. The van der Waals surface area contributed by atoms with E-state index in [9.17, 15) is 0 Å². The van der Waals surface area contributed by atoms with E-state index in [2.05, 4.69) is 47.0 Å². The molecule has 0 saturated heterocycles. The molecule has 80 valence electrons. The van der Waals surface area contributed by atoms with E-state index in [0.29, 0.717) is 0 Å². The maximum Gasteiger partial charge on any atom is 0.106 e. The summed E-state index contributed by atoms with van der Waals surface area (Å²) in [5.41, 5.74) is 3.60. The third kappa shape index (κ3) is 1.88. The Hall–Kier alpha value is -1.35. The molecule has 3 nitrogen and oxygen atoms in total. The van der Waals surface area contributed by atoms with Gasteiger partial charge in [0.05, 0.1) is 11.0 Å². The minimum Gasteiger partial charge on any atom is -0.331 e. The number of imidazole rings is 1. The lowest BCUT2D eigenvalue weighted by atomic mass is 10.2. The number of benzene rings is 1. The van der Waals surface area contributed by atoms with Gasteiger partial charge in [0.2, 0.25) is 0 Å². The molecule has 0 atom stereocenters. The van der Waals surface area contributed by atoms with Crippen LogP contribution in [0.5, 0.6) is 0 Å². The van der Waals surface area contributed by atoms with Gasteiger partial charge in [-0.05, 0) is 31.2 Å². The molecule has 0 saturated carbocycles. The lowest BCUT2D eigenvalue weighted by Gasteiger charge is -2.03. The van der Waals surface area contributed by atoms with E-state index in [4.69, 9.17) is 0 Å². The van der Waals surface area contributed by atoms with Gasteiger partial charge in [-0.1, -0.05) is 13.0 Å². The second-order valence-corrected chi connectivity index (χ2v) is 3.82. The first kappa shape index (κ1) is 10.2. The summed E-state index contributed by atoms with van der Waals surface area (Å²) in [4.78, 5) is 4.48. The smallest absolute Gasteiger partial charge is 0.106 e. The molecule has 1 N–H and O–H groups in total. The van der Waals surface area contributed by atoms with Crippen LogP contribution < -0.4 is 5.32 Å². The molecular weight excluding hydrogens is 186 g/mol. The van der Waals surface area contributed by atoms with E-state index in [-0.39, 0.29) is 0 Å². The maximum atomic E-state index is 4.48. The fourth-order valence-corrected chi connectivity index (χ4v) is 1.74. The van der Waals surface area contributed by atoms with Crippen molar-refractivity contribution < 1.29 is 0 Å². The van der Waals surface area contributed by atoms with Crippen LogP contribution in [-0.2, 0) is 13.6 Å². The number of hydrogen-bond acceptors (Lipinski definition) is 2. The van der Waals surface area contributed by atoms with Gasteiger partial charge in [-0.15, -0.1) is 0 Å². The van der Waals surface area contributed by atoms with Crippen LogP contribution in [0.2, 0.25) is 0 Å². The molecule has 1 aromatic carbocycles. The van der Waals surface area contributed by atoms with Crippen molar-refractivity contribution in [1.82, 2.24) is 14.9 Å². The van der Waals surface area contributed by atoms with Crippen molar-refractivity contribution in [3.05, 3.63) is 29.6 Å². The summed E-state index contributed by atoms with van der Waals surface area (Å²) in [5, 5.41) is 3.33. The molecule has 0 radical (unpaired) electrons. The van der Waals surface area contributed by atoms with E-state index in [1.807, 2.05) is 6.92 Å². The number of aryl methyl sites for hydroxylation is 2. The van der Waals surface area contributed by atoms with Crippen LogP contribution in [0, 0.1) is 6.92 Å². The fraction of sp³-hybridized carbons (Fsp3) is 0.417. The van der Waals surface area contributed by atoms with Gasteiger partial charge in [0.25, 0.3) is 0 Å². The highest BCUT2D eigenvalue weighted by Gasteiger charge is 2.04. The lowest BCUT2D eigenvalue weighted by molar-refractivity contribution is 0.727. The van der Waals surface area contributed by atoms with Crippen LogP contribution in [0.3, 0.4) is 0 Å². The second-order valence-electron chi connectivity index (χ2n) is 3.82. The quantitative estimate of drug-likeness (QED) is 0.826. The second kappa shape index (κ2) is 4.03. The summed E-state index contributed by atoms with van der Waals surface area (Å²) >= 11 is 0. The molecule has 0 amide bonds. The van der Waals surface area contributed by atoms with Crippen LogP contribution >= 0.6 is 0 Å². The van der Waals surface area contributed by atoms with Crippen LogP contribution in [0.4, 0.5) is 0 Å². The van der Waals surface area contributed by atoms with Crippen molar-refractivity contribution in [3.8, 4) is 0 Å². The highest BCUT2D eigenvalue weighted by molar-refractivity contribution is 5.76. The number of nitrogens with one attached hydrogen (secondary N) is 1. The third-order valence-corrected chi connectivity index (χ3v) is 2.75. The predicted molar refractivity (Wildman–Crippen MR) is 62.8 cm³/mol. The lowest BCUT2D eigenvalue weighted by Crippen LogP contribution is -2.11. The number of rotatable bonds is 3. The number of hydrogen-bond donors (Lipinski definition) is 1. The minimum absolute atomic E-state index is 0.927. The number of aromatic nitrogens is 2. The first-order chi connectivity index (χ1) is 7.22. The topological polar surface area (TPSA) is 29.9 Å². The van der Waals surface area contributed by atoms with Crippen LogP contribution in [-0.4, -0.2) is 16.1 Å². The summed E-state index contributed by atoms with van der Waals surface area (Å²) in [5.74, 6) is 1.06. The molecular formula is C12H17N3. The number of nitrogens with zero attached hydrogens (tertiary/aromatic N) is 2. The molecule has 0 bridgehead atoms. The first-order valence-corrected chi connectivity index (χ1v) is 5.35. The molecule has 3 heteroatoms. The Balaban J connectivity index is 2.41. The molecule has 2 rings (SSSR count). The van der Waals surface area contributed by atoms with Crippen molar-refractivity contribution in [2.24, 2.45) is 7.05 Å². The normalized spacial score (nSPS) is 11.1. The van der Waals surface area contributed by atoms with Crippen molar-refractivity contribution >= 4 is 11.0 Å². The monoisotopic (exact) mass is 203 g/mol. The molecule has 0 spiro atoms. The molecule has 0 aliphatic heterocycles. The average Bonchev–Trinajstić information content (AvgIpc) is 2.52. The number of fused-ring (bicyclic) bond motifs is 1. The predicted octanol–water partition coefficient (Wildman–Crippen LogP) is 1.99. The Morgan fingerprint density at radius 1 is 1.40 bits per heavy atom. The SMILES string of the molecule is CCNCc1ccc2nc(C)n(C)c2c1. The highest BCUT2D eigenvalue weighted by Crippen LogP contribution is 2.16. The zero-order valence-electron chi connectivity index (χ0n) is 9.54. The summed E-state index contributed by atoms with van der Waals surface area (Å²) in [7, 11) is 2.06. The van der Waals surface area contributed by atoms with E-state index >= 15 is 0 Å². The Labute approximate surface area is 90.1 Å². The molecule has 0 aliphatic rings. The Morgan fingerprint density at radius 3 is 2.93 bits per heavy atom. The largest absolute Gasteiger partial charge is 0.331 e. The summed E-state index contributed by atoms with van der Waals surface area (Å²) < 4.78 is 2.13. The maximum absolute atomic E-state index is 4.48. The highest BCUT2D eigenvalue weighted by atomic mass is 15.0. The molecule has 2 aromatic rings. The Bertz CT molecular complexity index is 471. The first-order valence-electron chi connectivity index (χ1n) is 5.35. The van der Waals surface area contributed by atoms with Gasteiger partial charge in [0, 0.05) is 13.6 Å². The van der Waals surface area contributed by atoms with Gasteiger partial charge in [-0.25, -0.2) is 4.98 Å². The van der Waals surface area contributed by atoms with Gasteiger partial charge in [0.1, 0.15) is 5.82 Å². The van der Waals surface area contributed by atoms with E-state index in [1.165, 1.54) is 11.1 Å². The van der Waals surface area contributed by atoms with E-state index < -0.39 is 0 Å². The van der Waals surface area contributed by atoms with Crippen molar-refractivity contribution in [1.29, 1.82) is 0 Å². The van der Waals surface area contributed by atoms with Gasteiger partial charge in [-0.2, -0.15) is 0 Å². The molecule has 0 unspecified atom stereocenters. The van der Waals surface area contributed by atoms with Gasteiger partial charge in [0.15, 0.2) is 0 Å². The average molecular weight is 203 g/mol. The Kier molecular flexibility index (Phi) is 2.73. The summed E-state index contributed by atoms with van der Waals surface area (Å²) in [6.07, 6.45) is 0. The van der Waals surface area contributed by atoms with Crippen LogP contribution in [0.25, 0.3) is 11.0 Å². The minimum atomic E-state index is 0.927. The zero-order valence-corrected chi connectivity index (χ0v) is 9.54. The van der Waals surface area contributed by atoms with E-state index in [0.717, 1.165) is 24.4 Å². The summed E-state index contributed by atoms with van der Waals surface area (Å²) in [6, 6.07) is 6.43.